The van der Waals surface area contributed by atoms with Gasteiger partial charge in [-0.1, -0.05) is 12.1 Å². The lowest BCUT2D eigenvalue weighted by Gasteiger charge is -2.35. The number of nitrogens with two attached hydrogens (primary N) is 1. The molecule has 17 heavy (non-hydrogen) atoms. The van der Waals surface area contributed by atoms with E-state index in [9.17, 15) is 0 Å². The third kappa shape index (κ3) is 2.99. The molecule has 1 saturated heterocycles. The Hall–Kier alpha value is -1.06. The lowest BCUT2D eigenvalue weighted by atomic mass is 10.0. The van der Waals surface area contributed by atoms with Crippen LogP contribution in [0.4, 0.5) is 5.69 Å². The summed E-state index contributed by atoms with van der Waals surface area (Å²) < 4.78 is 5.41. The number of hydrogen-bond acceptors (Lipinski definition) is 3. The van der Waals surface area contributed by atoms with Gasteiger partial charge in [0.05, 0.1) is 0 Å². The van der Waals surface area contributed by atoms with Gasteiger partial charge in [-0.05, 0) is 44.5 Å². The van der Waals surface area contributed by atoms with Crippen LogP contribution in [-0.4, -0.2) is 31.2 Å². The van der Waals surface area contributed by atoms with Crippen molar-refractivity contribution in [2.45, 2.75) is 31.8 Å². The van der Waals surface area contributed by atoms with Crippen molar-refractivity contribution in [2.24, 2.45) is 0 Å². The lowest BCUT2D eigenvalue weighted by Crippen LogP contribution is -2.38. The van der Waals surface area contributed by atoms with Gasteiger partial charge in [0.2, 0.25) is 0 Å². The quantitative estimate of drug-likeness (QED) is 0.816. The Morgan fingerprint density at radius 3 is 2.71 bits per heavy atom. The molecule has 2 rings (SSSR count). The molecule has 0 aromatic heterocycles. The highest BCUT2D eigenvalue weighted by molar-refractivity contribution is 5.41. The van der Waals surface area contributed by atoms with E-state index in [0.717, 1.165) is 31.7 Å². The summed E-state index contributed by atoms with van der Waals surface area (Å²) in [5.41, 5.74) is 7.97. The number of hydrogen-bond donors (Lipinski definition) is 1. The smallest absolute Gasteiger partial charge is 0.0480 e. The lowest BCUT2D eigenvalue weighted by molar-refractivity contribution is 0.0309. The molecule has 94 valence electrons. The number of anilines is 1. The highest BCUT2D eigenvalue weighted by atomic mass is 16.5. The summed E-state index contributed by atoms with van der Waals surface area (Å²) in [6.07, 6.45) is 2.26. The van der Waals surface area contributed by atoms with Crippen molar-refractivity contribution in [1.82, 2.24) is 4.90 Å². The van der Waals surface area contributed by atoms with Crippen LogP contribution in [0, 0.1) is 0 Å². The summed E-state index contributed by atoms with van der Waals surface area (Å²) in [6, 6.07) is 9.21. The fraction of sp³-hybridized carbons (Fsp3) is 0.571. The number of benzene rings is 1. The highest BCUT2D eigenvalue weighted by Crippen LogP contribution is 2.25. The second kappa shape index (κ2) is 5.52. The maximum atomic E-state index is 5.84. The third-order valence-electron chi connectivity index (χ3n) is 3.77. The Bertz CT molecular complexity index is 361. The first-order chi connectivity index (χ1) is 8.18. The number of rotatable bonds is 3. The van der Waals surface area contributed by atoms with Crippen LogP contribution in [0.25, 0.3) is 0 Å². The average Bonchev–Trinajstić information content (AvgIpc) is 2.38. The molecule has 3 heteroatoms. The van der Waals surface area contributed by atoms with Crippen LogP contribution in [0.5, 0.6) is 0 Å². The molecule has 3 nitrogen and oxygen atoms in total. The van der Waals surface area contributed by atoms with Gasteiger partial charge in [0.1, 0.15) is 0 Å². The van der Waals surface area contributed by atoms with E-state index in [-0.39, 0.29) is 0 Å². The van der Waals surface area contributed by atoms with Crippen LogP contribution in [0.1, 0.15) is 31.4 Å². The number of nitrogens with zero attached hydrogens (tertiary/aromatic N) is 1. The average molecular weight is 234 g/mol. The molecular weight excluding hydrogens is 212 g/mol. The van der Waals surface area contributed by atoms with Gasteiger partial charge in [-0.15, -0.1) is 0 Å². The first-order valence-corrected chi connectivity index (χ1v) is 6.33. The summed E-state index contributed by atoms with van der Waals surface area (Å²) in [5, 5.41) is 0. The zero-order chi connectivity index (χ0) is 12.3. The molecule has 1 aromatic rings. The minimum Gasteiger partial charge on any atom is -0.399 e. The minimum atomic E-state index is 0.404. The van der Waals surface area contributed by atoms with E-state index in [2.05, 4.69) is 31.0 Å². The second-order valence-electron chi connectivity index (χ2n) is 4.86. The molecule has 1 atom stereocenters. The largest absolute Gasteiger partial charge is 0.399 e. The normalized spacial score (nSPS) is 19.5. The van der Waals surface area contributed by atoms with Gasteiger partial charge in [0.25, 0.3) is 0 Å². The predicted octanol–water partition coefficient (Wildman–Crippen LogP) is 2.44. The third-order valence-corrected chi connectivity index (χ3v) is 3.77. The van der Waals surface area contributed by atoms with E-state index >= 15 is 0 Å². The fourth-order valence-corrected chi connectivity index (χ4v) is 2.46. The highest BCUT2D eigenvalue weighted by Gasteiger charge is 2.23. The Kier molecular flexibility index (Phi) is 4.02. The first-order valence-electron chi connectivity index (χ1n) is 6.33. The second-order valence-corrected chi connectivity index (χ2v) is 4.86. The molecule has 2 N–H and O–H groups in total. The van der Waals surface area contributed by atoms with Crippen LogP contribution < -0.4 is 5.73 Å². The molecule has 0 spiro atoms. The summed E-state index contributed by atoms with van der Waals surface area (Å²) in [7, 11) is 2.20. The standard InChI is InChI=1S/C14H22N2O/c1-11(12-4-3-5-13(15)10-12)16(2)14-6-8-17-9-7-14/h3-5,10-11,14H,6-9,15H2,1-2H3. The van der Waals surface area contributed by atoms with Crippen LogP contribution in [0.2, 0.25) is 0 Å². The predicted molar refractivity (Wildman–Crippen MR) is 70.9 cm³/mol. The summed E-state index contributed by atoms with van der Waals surface area (Å²) >= 11 is 0. The Balaban J connectivity index is 2.05. The summed E-state index contributed by atoms with van der Waals surface area (Å²) in [5.74, 6) is 0. The van der Waals surface area contributed by atoms with E-state index in [4.69, 9.17) is 10.5 Å². The van der Waals surface area contributed by atoms with Crippen molar-refractivity contribution in [1.29, 1.82) is 0 Å². The van der Waals surface area contributed by atoms with E-state index in [1.54, 1.807) is 0 Å². The van der Waals surface area contributed by atoms with Crippen molar-refractivity contribution in [3.63, 3.8) is 0 Å². The Morgan fingerprint density at radius 1 is 1.35 bits per heavy atom. The molecular formula is C14H22N2O. The van der Waals surface area contributed by atoms with Gasteiger partial charge in [0, 0.05) is 31.0 Å². The van der Waals surface area contributed by atoms with E-state index in [1.165, 1.54) is 5.56 Å². The van der Waals surface area contributed by atoms with Crippen molar-refractivity contribution in [2.75, 3.05) is 26.0 Å². The zero-order valence-corrected chi connectivity index (χ0v) is 10.7. The molecule has 0 aliphatic carbocycles. The maximum Gasteiger partial charge on any atom is 0.0480 e. The van der Waals surface area contributed by atoms with E-state index < -0.39 is 0 Å². The van der Waals surface area contributed by atoms with E-state index in [1.807, 2.05) is 12.1 Å². The van der Waals surface area contributed by atoms with Crippen molar-refractivity contribution in [3.8, 4) is 0 Å². The van der Waals surface area contributed by atoms with Crippen molar-refractivity contribution >= 4 is 5.69 Å². The van der Waals surface area contributed by atoms with Crippen LogP contribution >= 0.6 is 0 Å². The number of nitrogen functional groups attached to an aromatic ring is 1. The summed E-state index contributed by atoms with van der Waals surface area (Å²) in [4.78, 5) is 2.44. The Morgan fingerprint density at radius 2 is 2.06 bits per heavy atom. The van der Waals surface area contributed by atoms with Crippen LogP contribution in [0.3, 0.4) is 0 Å². The SMILES string of the molecule is CC(c1cccc(N)c1)N(C)C1CCOCC1. The molecule has 0 radical (unpaired) electrons. The molecule has 1 heterocycles. The Labute approximate surface area is 104 Å². The van der Waals surface area contributed by atoms with Gasteiger partial charge in [-0.3, -0.25) is 4.90 Å². The van der Waals surface area contributed by atoms with Crippen molar-refractivity contribution < 1.29 is 4.74 Å². The molecule has 0 saturated carbocycles. The van der Waals surface area contributed by atoms with Gasteiger partial charge in [0.15, 0.2) is 0 Å². The van der Waals surface area contributed by atoms with Crippen molar-refractivity contribution in [3.05, 3.63) is 29.8 Å². The molecule has 1 fully saturated rings. The molecule has 1 unspecified atom stereocenters. The van der Waals surface area contributed by atoms with Crippen LogP contribution in [0.15, 0.2) is 24.3 Å². The first kappa shape index (κ1) is 12.4. The van der Waals surface area contributed by atoms with Gasteiger partial charge >= 0.3 is 0 Å². The molecule has 1 aromatic carbocycles. The molecule has 1 aliphatic rings. The fourth-order valence-electron chi connectivity index (χ4n) is 2.46. The van der Waals surface area contributed by atoms with Gasteiger partial charge in [-0.2, -0.15) is 0 Å². The van der Waals surface area contributed by atoms with Gasteiger partial charge in [-0.25, -0.2) is 0 Å². The van der Waals surface area contributed by atoms with Crippen LogP contribution in [-0.2, 0) is 4.74 Å². The number of ether oxygens (including phenoxy) is 1. The summed E-state index contributed by atoms with van der Waals surface area (Å²) in [6.45, 7) is 4.02. The monoisotopic (exact) mass is 234 g/mol. The molecule has 1 aliphatic heterocycles. The minimum absolute atomic E-state index is 0.404. The van der Waals surface area contributed by atoms with E-state index in [0.29, 0.717) is 12.1 Å². The maximum absolute atomic E-state index is 5.84. The topological polar surface area (TPSA) is 38.5 Å². The van der Waals surface area contributed by atoms with Gasteiger partial charge < -0.3 is 10.5 Å². The molecule has 0 amide bonds. The molecule has 0 bridgehead atoms. The zero-order valence-electron chi connectivity index (χ0n) is 10.7.